The fourth-order valence-corrected chi connectivity index (χ4v) is 5.27. The SMILES string of the molecule is Cc1ccc(Nc2nc(N)nc(CN3CCN(Cc4nc5sc(C)c(C)c5c(=O)[nH]4)CC3)n2)cc1. The van der Waals surface area contributed by atoms with Gasteiger partial charge in [-0.1, -0.05) is 17.7 Å². The average Bonchev–Trinajstić information content (AvgIpc) is 3.10. The number of aromatic amines is 1. The van der Waals surface area contributed by atoms with E-state index in [-0.39, 0.29) is 11.5 Å². The highest BCUT2D eigenvalue weighted by molar-refractivity contribution is 7.18. The number of piperazine rings is 1. The first-order valence-electron chi connectivity index (χ1n) is 11.6. The third-order valence-corrected chi connectivity index (χ3v) is 7.40. The Morgan fingerprint density at radius 2 is 1.66 bits per heavy atom. The van der Waals surface area contributed by atoms with Crippen LogP contribution < -0.4 is 16.6 Å². The molecule has 4 heterocycles. The van der Waals surface area contributed by atoms with Crippen molar-refractivity contribution in [3.05, 3.63) is 62.3 Å². The van der Waals surface area contributed by atoms with E-state index < -0.39 is 0 Å². The van der Waals surface area contributed by atoms with Crippen LogP contribution in [0.4, 0.5) is 17.6 Å². The van der Waals surface area contributed by atoms with Gasteiger partial charge in [-0.05, 0) is 38.5 Å². The van der Waals surface area contributed by atoms with E-state index in [0.29, 0.717) is 36.1 Å². The summed E-state index contributed by atoms with van der Waals surface area (Å²) < 4.78 is 0. The van der Waals surface area contributed by atoms with Gasteiger partial charge in [-0.3, -0.25) is 14.6 Å². The highest BCUT2D eigenvalue weighted by Crippen LogP contribution is 2.26. The number of hydrogen-bond acceptors (Lipinski definition) is 10. The van der Waals surface area contributed by atoms with Gasteiger partial charge in [0, 0.05) is 36.7 Å². The van der Waals surface area contributed by atoms with Gasteiger partial charge in [-0.25, -0.2) is 4.98 Å². The largest absolute Gasteiger partial charge is 0.368 e. The van der Waals surface area contributed by atoms with Crippen LogP contribution in [-0.4, -0.2) is 60.9 Å². The van der Waals surface area contributed by atoms with Crippen molar-refractivity contribution in [1.82, 2.24) is 34.7 Å². The second-order valence-electron chi connectivity index (χ2n) is 8.95. The smallest absolute Gasteiger partial charge is 0.259 e. The van der Waals surface area contributed by atoms with Gasteiger partial charge in [-0.15, -0.1) is 11.3 Å². The molecule has 4 aromatic rings. The Labute approximate surface area is 207 Å². The van der Waals surface area contributed by atoms with Gasteiger partial charge >= 0.3 is 0 Å². The number of rotatable bonds is 6. The lowest BCUT2D eigenvalue weighted by molar-refractivity contribution is 0.118. The summed E-state index contributed by atoms with van der Waals surface area (Å²) in [5.41, 5.74) is 9.01. The van der Waals surface area contributed by atoms with E-state index in [2.05, 4.69) is 35.1 Å². The van der Waals surface area contributed by atoms with E-state index >= 15 is 0 Å². The third kappa shape index (κ3) is 5.31. The first-order chi connectivity index (χ1) is 16.8. The van der Waals surface area contributed by atoms with Crippen LogP contribution in [0.2, 0.25) is 0 Å². The fourth-order valence-electron chi connectivity index (χ4n) is 4.22. The zero-order chi connectivity index (χ0) is 24.5. The standard InChI is InChI=1S/C24H29N9OS/c1-14-4-6-17(7-5-14)26-24-30-19(29-23(25)31-24)13-33-10-8-32(9-11-33)12-18-27-21(34)20-15(2)16(3)35-22(20)28-18/h4-7H,8-13H2,1-3H3,(H,27,28,34)(H3,25,26,29,30,31). The van der Waals surface area contributed by atoms with E-state index in [9.17, 15) is 4.79 Å². The molecule has 35 heavy (non-hydrogen) atoms. The summed E-state index contributed by atoms with van der Waals surface area (Å²) in [6, 6.07) is 8.02. The fraction of sp³-hybridized carbons (Fsp3) is 0.375. The van der Waals surface area contributed by atoms with Crippen LogP contribution in [0, 0.1) is 20.8 Å². The number of hydrogen-bond donors (Lipinski definition) is 3. The number of nitrogen functional groups attached to an aromatic ring is 1. The zero-order valence-electron chi connectivity index (χ0n) is 20.1. The lowest BCUT2D eigenvalue weighted by Gasteiger charge is -2.33. The maximum atomic E-state index is 12.6. The summed E-state index contributed by atoms with van der Waals surface area (Å²) in [4.78, 5) is 39.9. The number of aryl methyl sites for hydroxylation is 3. The van der Waals surface area contributed by atoms with Gasteiger partial charge in [0.1, 0.15) is 16.5 Å². The highest BCUT2D eigenvalue weighted by atomic mass is 32.1. The Bertz CT molecular complexity index is 1410. The Morgan fingerprint density at radius 1 is 0.971 bits per heavy atom. The molecule has 1 fully saturated rings. The van der Waals surface area contributed by atoms with E-state index in [1.807, 2.05) is 45.0 Å². The van der Waals surface area contributed by atoms with Crippen molar-refractivity contribution < 1.29 is 0 Å². The molecule has 1 saturated heterocycles. The summed E-state index contributed by atoms with van der Waals surface area (Å²) in [5, 5.41) is 3.92. The van der Waals surface area contributed by atoms with Crippen LogP contribution in [0.25, 0.3) is 10.2 Å². The van der Waals surface area contributed by atoms with Crippen molar-refractivity contribution in [2.45, 2.75) is 33.9 Å². The molecular formula is C24H29N9OS. The second kappa shape index (κ2) is 9.68. The van der Waals surface area contributed by atoms with E-state index in [1.165, 1.54) is 5.56 Å². The quantitative estimate of drug-likeness (QED) is 0.373. The molecule has 0 bridgehead atoms. The van der Waals surface area contributed by atoms with Crippen molar-refractivity contribution >= 4 is 39.1 Å². The molecular weight excluding hydrogens is 462 g/mol. The minimum Gasteiger partial charge on any atom is -0.368 e. The number of thiophene rings is 1. The highest BCUT2D eigenvalue weighted by Gasteiger charge is 2.20. The van der Waals surface area contributed by atoms with Gasteiger partial charge in [0.15, 0.2) is 0 Å². The zero-order valence-corrected chi connectivity index (χ0v) is 20.9. The first kappa shape index (κ1) is 23.3. The van der Waals surface area contributed by atoms with Gasteiger partial charge in [-0.2, -0.15) is 15.0 Å². The Balaban J connectivity index is 1.19. The third-order valence-electron chi connectivity index (χ3n) is 6.30. The van der Waals surface area contributed by atoms with Gasteiger partial charge in [0.25, 0.3) is 5.56 Å². The number of H-pyrrole nitrogens is 1. The molecule has 0 amide bonds. The van der Waals surface area contributed by atoms with Crippen molar-refractivity contribution in [2.24, 2.45) is 0 Å². The molecule has 0 unspecified atom stereocenters. The molecule has 1 aliphatic rings. The Hall–Kier alpha value is -3.41. The number of benzene rings is 1. The molecule has 5 rings (SSSR count). The molecule has 11 heteroatoms. The number of nitrogens with zero attached hydrogens (tertiary/aromatic N) is 6. The minimum atomic E-state index is -0.0482. The van der Waals surface area contributed by atoms with E-state index in [4.69, 9.17) is 10.7 Å². The second-order valence-corrected chi connectivity index (χ2v) is 10.2. The summed E-state index contributed by atoms with van der Waals surface area (Å²) in [5.74, 6) is 2.00. The molecule has 0 aliphatic carbocycles. The topological polar surface area (TPSA) is 129 Å². The van der Waals surface area contributed by atoms with Gasteiger partial charge in [0.2, 0.25) is 11.9 Å². The van der Waals surface area contributed by atoms with Crippen LogP contribution in [0.5, 0.6) is 0 Å². The number of aromatic nitrogens is 5. The maximum Gasteiger partial charge on any atom is 0.259 e. The first-order valence-corrected chi connectivity index (χ1v) is 12.4. The summed E-state index contributed by atoms with van der Waals surface area (Å²) in [6.45, 7) is 10.7. The van der Waals surface area contributed by atoms with Gasteiger partial charge < -0.3 is 16.0 Å². The molecule has 1 aliphatic heterocycles. The normalized spacial score (nSPS) is 15.1. The molecule has 1 aromatic carbocycles. The van der Waals surface area contributed by atoms with Crippen molar-refractivity contribution in [1.29, 1.82) is 0 Å². The van der Waals surface area contributed by atoms with Crippen LogP contribution in [0.3, 0.4) is 0 Å². The van der Waals surface area contributed by atoms with Crippen LogP contribution in [-0.2, 0) is 13.1 Å². The number of nitrogens with two attached hydrogens (primary N) is 1. The van der Waals surface area contributed by atoms with Crippen molar-refractivity contribution in [2.75, 3.05) is 37.2 Å². The van der Waals surface area contributed by atoms with E-state index in [1.54, 1.807) is 11.3 Å². The van der Waals surface area contributed by atoms with Crippen LogP contribution >= 0.6 is 11.3 Å². The summed E-state index contributed by atoms with van der Waals surface area (Å²) in [6.07, 6.45) is 0. The molecule has 0 atom stereocenters. The molecule has 182 valence electrons. The van der Waals surface area contributed by atoms with E-state index in [0.717, 1.165) is 47.1 Å². The predicted molar refractivity (Wildman–Crippen MR) is 139 cm³/mol. The molecule has 3 aromatic heterocycles. The Morgan fingerprint density at radius 3 is 2.37 bits per heavy atom. The monoisotopic (exact) mass is 491 g/mol. The summed E-state index contributed by atoms with van der Waals surface area (Å²) >= 11 is 1.58. The summed E-state index contributed by atoms with van der Waals surface area (Å²) in [7, 11) is 0. The minimum absolute atomic E-state index is 0.0482. The molecule has 0 spiro atoms. The molecule has 0 radical (unpaired) electrons. The molecule has 4 N–H and O–H groups in total. The molecule has 10 nitrogen and oxygen atoms in total. The maximum absolute atomic E-state index is 12.6. The number of fused-ring (bicyclic) bond motifs is 1. The lowest BCUT2D eigenvalue weighted by Crippen LogP contribution is -2.46. The van der Waals surface area contributed by atoms with Crippen LogP contribution in [0.1, 0.15) is 27.7 Å². The number of anilines is 3. The molecule has 0 saturated carbocycles. The average molecular weight is 492 g/mol. The van der Waals surface area contributed by atoms with Gasteiger partial charge in [0.05, 0.1) is 18.5 Å². The predicted octanol–water partition coefficient (Wildman–Crippen LogP) is 2.74. The van der Waals surface area contributed by atoms with Crippen LogP contribution in [0.15, 0.2) is 29.1 Å². The van der Waals surface area contributed by atoms with Crippen molar-refractivity contribution in [3.8, 4) is 0 Å². The Kier molecular flexibility index (Phi) is 6.46. The lowest BCUT2D eigenvalue weighted by atomic mass is 10.2. The number of nitrogens with one attached hydrogen (secondary N) is 2. The van der Waals surface area contributed by atoms with Crippen molar-refractivity contribution in [3.63, 3.8) is 0 Å².